The number of rotatable bonds is 6. The molecule has 1 aliphatic carbocycles. The number of hydrogen-bond acceptors (Lipinski definition) is 4. The average molecular weight is 520 g/mol. The van der Waals surface area contributed by atoms with Crippen molar-refractivity contribution < 1.29 is 4.79 Å². The van der Waals surface area contributed by atoms with E-state index in [4.69, 9.17) is 0 Å². The van der Waals surface area contributed by atoms with E-state index in [1.165, 1.54) is 30.4 Å². The largest absolute Gasteiger partial charge is 0.349 e. The van der Waals surface area contributed by atoms with Gasteiger partial charge in [-0.1, -0.05) is 36.4 Å². The number of nitriles is 1. The number of hydrogen-bond donors (Lipinski definition) is 1. The van der Waals surface area contributed by atoms with E-state index >= 15 is 0 Å². The van der Waals surface area contributed by atoms with Crippen LogP contribution in [0, 0.1) is 17.2 Å². The third kappa shape index (κ3) is 6.56. The molecule has 5 rings (SSSR count). The van der Waals surface area contributed by atoms with Gasteiger partial charge < -0.3 is 10.2 Å². The zero-order valence-corrected chi connectivity index (χ0v) is 22.3. The van der Waals surface area contributed by atoms with Crippen LogP contribution >= 0.6 is 23.7 Å². The van der Waals surface area contributed by atoms with Gasteiger partial charge >= 0.3 is 0 Å². The van der Waals surface area contributed by atoms with E-state index < -0.39 is 0 Å². The topological polar surface area (TPSA) is 56.1 Å². The highest BCUT2D eigenvalue weighted by molar-refractivity contribution is 7.17. The molecule has 6 heteroatoms. The van der Waals surface area contributed by atoms with Crippen molar-refractivity contribution in [2.24, 2.45) is 5.92 Å². The van der Waals surface area contributed by atoms with Crippen LogP contribution in [-0.4, -0.2) is 36.5 Å². The van der Waals surface area contributed by atoms with Gasteiger partial charge in [-0.3, -0.25) is 4.79 Å². The lowest BCUT2D eigenvalue weighted by molar-refractivity contribution is 0.0924. The van der Waals surface area contributed by atoms with Crippen LogP contribution in [0.5, 0.6) is 0 Å². The summed E-state index contributed by atoms with van der Waals surface area (Å²) in [6.45, 7) is 3.34. The second-order valence-electron chi connectivity index (χ2n) is 9.95. The fraction of sp³-hybridized carbons (Fsp3) is 0.400. The summed E-state index contributed by atoms with van der Waals surface area (Å²) in [5.74, 6) is 0.828. The van der Waals surface area contributed by atoms with Crippen LogP contribution in [0.3, 0.4) is 0 Å². The van der Waals surface area contributed by atoms with Gasteiger partial charge in [0.2, 0.25) is 0 Å². The van der Waals surface area contributed by atoms with Crippen molar-refractivity contribution in [3.05, 3.63) is 82.2 Å². The smallest absolute Gasteiger partial charge is 0.261 e. The lowest BCUT2D eigenvalue weighted by Gasteiger charge is -2.30. The minimum Gasteiger partial charge on any atom is -0.349 e. The zero-order valence-electron chi connectivity index (χ0n) is 20.6. The predicted octanol–water partition coefficient (Wildman–Crippen LogP) is 6.49. The first-order chi connectivity index (χ1) is 17.2. The summed E-state index contributed by atoms with van der Waals surface area (Å²) in [7, 11) is 0. The molecule has 2 aliphatic rings. The lowest BCUT2D eigenvalue weighted by Crippen LogP contribution is -2.38. The van der Waals surface area contributed by atoms with E-state index in [2.05, 4.69) is 46.6 Å². The average Bonchev–Trinajstić information content (AvgIpc) is 3.32. The number of carbonyl (C=O) groups is 1. The zero-order chi connectivity index (χ0) is 24.0. The third-order valence-electron chi connectivity index (χ3n) is 7.65. The highest BCUT2D eigenvalue weighted by atomic mass is 35.5. The molecule has 2 heterocycles. The lowest BCUT2D eigenvalue weighted by atomic mass is 9.84. The first-order valence-electron chi connectivity index (χ1n) is 12.9. The highest BCUT2D eigenvalue weighted by Crippen LogP contribution is 2.30. The molecular formula is C30H34ClN3OS. The normalized spacial score (nSPS) is 19.9. The molecule has 4 nitrogen and oxygen atoms in total. The second kappa shape index (κ2) is 12.5. The molecule has 1 fully saturated rings. The molecule has 1 aliphatic heterocycles. The SMILES string of the molecule is Cl.N#Cc1ccc2c(c1)CCN(CCC1CCC(NC(=O)c3ccc(-c4ccccc4)s3)CC1)CC2. The van der Waals surface area contributed by atoms with E-state index in [1.54, 1.807) is 11.3 Å². The Labute approximate surface area is 224 Å². The number of nitrogens with one attached hydrogen (secondary N) is 1. The van der Waals surface area contributed by atoms with Crippen LogP contribution in [0.15, 0.2) is 60.7 Å². The van der Waals surface area contributed by atoms with E-state index in [1.807, 2.05) is 30.3 Å². The maximum atomic E-state index is 12.8. The summed E-state index contributed by atoms with van der Waals surface area (Å²) < 4.78 is 0. The van der Waals surface area contributed by atoms with E-state index in [-0.39, 0.29) is 18.3 Å². The standard InChI is InChI=1S/C30H33N3OS.ClH/c31-21-23-6-9-24-15-18-33(19-16-26(24)20-23)17-14-22-7-10-27(11-8-22)32-30(34)29-13-12-28(35-29)25-4-2-1-3-5-25;/h1-6,9,12-13,20,22,27H,7-8,10-11,14-19H2,(H,32,34);1H. The number of fused-ring (bicyclic) bond motifs is 1. The molecule has 1 N–H and O–H groups in total. The molecule has 1 amide bonds. The van der Waals surface area contributed by atoms with Crippen molar-refractivity contribution in [3.63, 3.8) is 0 Å². The van der Waals surface area contributed by atoms with Gasteiger partial charge in [0.05, 0.1) is 16.5 Å². The van der Waals surface area contributed by atoms with Gasteiger partial charge in [-0.05, 0) is 98.4 Å². The number of halogens is 1. The van der Waals surface area contributed by atoms with Crippen LogP contribution in [0.25, 0.3) is 10.4 Å². The maximum absolute atomic E-state index is 12.8. The fourth-order valence-corrected chi connectivity index (χ4v) is 6.41. The predicted molar refractivity (Wildman–Crippen MR) is 150 cm³/mol. The summed E-state index contributed by atoms with van der Waals surface area (Å²) in [6.07, 6.45) is 7.92. The fourth-order valence-electron chi connectivity index (χ4n) is 5.50. The molecule has 1 aromatic heterocycles. The summed E-state index contributed by atoms with van der Waals surface area (Å²) in [6, 6.07) is 23.0. The Bertz CT molecular complexity index is 1190. The molecule has 188 valence electrons. The first kappa shape index (κ1) is 26.4. The van der Waals surface area contributed by atoms with Crippen molar-refractivity contribution in [1.82, 2.24) is 10.2 Å². The minimum atomic E-state index is 0. The van der Waals surface area contributed by atoms with E-state index in [0.29, 0.717) is 6.04 Å². The van der Waals surface area contributed by atoms with Crippen LogP contribution < -0.4 is 5.32 Å². The van der Waals surface area contributed by atoms with Crippen molar-refractivity contribution >= 4 is 29.7 Å². The van der Waals surface area contributed by atoms with E-state index in [0.717, 1.165) is 72.1 Å². The third-order valence-corrected chi connectivity index (χ3v) is 8.79. The van der Waals surface area contributed by atoms with Crippen LogP contribution in [0.4, 0.5) is 0 Å². The quantitative estimate of drug-likeness (QED) is 0.405. The Morgan fingerprint density at radius 3 is 2.47 bits per heavy atom. The Hall–Kier alpha value is -2.65. The molecule has 3 aromatic rings. The Kier molecular flexibility index (Phi) is 9.20. The van der Waals surface area contributed by atoms with Gasteiger partial charge in [-0.25, -0.2) is 0 Å². The van der Waals surface area contributed by atoms with Gasteiger partial charge in [0.15, 0.2) is 0 Å². The van der Waals surface area contributed by atoms with Crippen molar-refractivity contribution in [3.8, 4) is 16.5 Å². The van der Waals surface area contributed by atoms with Crippen molar-refractivity contribution in [2.45, 2.75) is 51.0 Å². The highest BCUT2D eigenvalue weighted by Gasteiger charge is 2.24. The van der Waals surface area contributed by atoms with Crippen LogP contribution in [-0.2, 0) is 12.8 Å². The number of carbonyl (C=O) groups excluding carboxylic acids is 1. The van der Waals surface area contributed by atoms with Gasteiger partial charge in [0.25, 0.3) is 5.91 Å². The summed E-state index contributed by atoms with van der Waals surface area (Å²) in [5.41, 5.74) is 4.70. The molecular weight excluding hydrogens is 486 g/mol. The number of nitrogens with zero attached hydrogens (tertiary/aromatic N) is 2. The minimum absolute atomic E-state index is 0. The summed E-state index contributed by atoms with van der Waals surface area (Å²) in [5, 5.41) is 12.5. The van der Waals surface area contributed by atoms with Gasteiger partial charge in [0, 0.05) is 24.0 Å². The van der Waals surface area contributed by atoms with Crippen LogP contribution in [0.2, 0.25) is 0 Å². The molecule has 0 unspecified atom stereocenters. The molecule has 0 atom stereocenters. The number of benzene rings is 2. The summed E-state index contributed by atoms with van der Waals surface area (Å²) >= 11 is 1.57. The molecule has 2 aromatic carbocycles. The van der Waals surface area contributed by atoms with Crippen LogP contribution in [0.1, 0.15) is 58.5 Å². The first-order valence-corrected chi connectivity index (χ1v) is 13.7. The molecule has 0 bridgehead atoms. The van der Waals surface area contributed by atoms with Gasteiger partial charge in [-0.15, -0.1) is 23.7 Å². The summed E-state index contributed by atoms with van der Waals surface area (Å²) in [4.78, 5) is 17.4. The van der Waals surface area contributed by atoms with Crippen molar-refractivity contribution in [1.29, 1.82) is 5.26 Å². The molecule has 36 heavy (non-hydrogen) atoms. The molecule has 1 saturated carbocycles. The number of thiophene rings is 1. The molecule has 0 spiro atoms. The Balaban J connectivity index is 0.00000304. The number of amides is 1. The second-order valence-corrected chi connectivity index (χ2v) is 11.0. The van der Waals surface area contributed by atoms with Crippen molar-refractivity contribution in [2.75, 3.05) is 19.6 Å². The van der Waals surface area contributed by atoms with Gasteiger partial charge in [-0.2, -0.15) is 5.26 Å². The molecule has 0 saturated heterocycles. The maximum Gasteiger partial charge on any atom is 0.261 e. The van der Waals surface area contributed by atoms with Gasteiger partial charge in [0.1, 0.15) is 0 Å². The van der Waals surface area contributed by atoms with E-state index in [9.17, 15) is 10.1 Å². The molecule has 0 radical (unpaired) electrons. The Morgan fingerprint density at radius 2 is 1.72 bits per heavy atom. The Morgan fingerprint density at radius 1 is 0.972 bits per heavy atom. The monoisotopic (exact) mass is 519 g/mol.